The first-order valence-electron chi connectivity index (χ1n) is 7.89. The molecule has 136 valence electrons. The Balaban J connectivity index is 1.96. The van der Waals surface area contributed by atoms with Gasteiger partial charge in [-0.2, -0.15) is 0 Å². The number of nitrogens with one attached hydrogen (secondary N) is 2. The zero-order valence-electron chi connectivity index (χ0n) is 13.7. The predicted octanol–water partition coefficient (Wildman–Crippen LogP) is 0.173. The fraction of sp³-hybridized carbons (Fsp3) is 0.438. The first-order valence-corrected chi connectivity index (χ1v) is 7.89. The van der Waals surface area contributed by atoms with Crippen molar-refractivity contribution in [1.82, 2.24) is 10.2 Å². The van der Waals surface area contributed by atoms with E-state index in [-0.39, 0.29) is 19.0 Å². The number of likely N-dealkylation sites (tertiary alicyclic amines) is 1. The van der Waals surface area contributed by atoms with Gasteiger partial charge in [0.15, 0.2) is 0 Å². The highest BCUT2D eigenvalue weighted by molar-refractivity contribution is 5.90. The molecule has 0 radical (unpaired) electrons. The van der Waals surface area contributed by atoms with Crippen LogP contribution in [0.5, 0.6) is 0 Å². The number of urea groups is 1. The minimum absolute atomic E-state index is 0.143. The summed E-state index contributed by atoms with van der Waals surface area (Å²) in [6.07, 6.45) is -0.689. The number of nitrogens with two attached hydrogens (primary N) is 1. The van der Waals surface area contributed by atoms with E-state index >= 15 is 0 Å². The highest BCUT2D eigenvalue weighted by Crippen LogP contribution is 2.19. The zero-order chi connectivity index (χ0) is 18.6. The number of benzene rings is 1. The second-order valence-corrected chi connectivity index (χ2v) is 5.96. The Labute approximate surface area is 144 Å². The Kier molecular flexibility index (Phi) is 5.92. The summed E-state index contributed by atoms with van der Waals surface area (Å²) >= 11 is 0. The molecule has 2 rings (SSSR count). The largest absolute Gasteiger partial charge is 0.384 e. The lowest BCUT2D eigenvalue weighted by molar-refractivity contribution is -0.147. The number of carbonyl (C=O) groups excluding carboxylic acids is 3. The van der Waals surface area contributed by atoms with Gasteiger partial charge in [-0.15, -0.1) is 0 Å². The molecule has 1 aromatic rings. The van der Waals surface area contributed by atoms with E-state index < -0.39 is 35.8 Å². The number of carbonyl (C=O) groups is 3. The maximum Gasteiger partial charge on any atom is 0.319 e. The molecular formula is C16H21FN4O4. The Bertz CT molecular complexity index is 667. The molecule has 1 fully saturated rings. The fourth-order valence-corrected chi connectivity index (χ4v) is 2.79. The summed E-state index contributed by atoms with van der Waals surface area (Å²) in [6.45, 7) is 1.50. The third-order valence-corrected chi connectivity index (χ3v) is 3.99. The third-order valence-electron chi connectivity index (χ3n) is 3.99. The molecule has 9 heteroatoms. The number of primary amides is 1. The molecule has 25 heavy (non-hydrogen) atoms. The molecule has 1 aliphatic rings. The van der Waals surface area contributed by atoms with Crippen LogP contribution >= 0.6 is 0 Å². The minimum atomic E-state index is -1.23. The van der Waals surface area contributed by atoms with Crippen LogP contribution in [0.3, 0.4) is 0 Å². The quantitative estimate of drug-likeness (QED) is 0.616. The van der Waals surface area contributed by atoms with Crippen molar-refractivity contribution in [2.24, 2.45) is 5.73 Å². The molecule has 1 saturated heterocycles. The average molecular weight is 352 g/mol. The number of amides is 4. The number of anilines is 1. The standard InChI is InChI=1S/C16H21FN4O4/c1-9(22)15(24)21-6-5-12(8-13(21)14(18)23)20-16(25)19-11-4-2-3-10(17)7-11/h2-4,7,9,12-13,22H,5-6,8H2,1H3,(H2,18,23)(H2,19,20,25). The Hall–Kier alpha value is -2.68. The molecule has 0 saturated carbocycles. The molecule has 4 amide bonds. The topological polar surface area (TPSA) is 125 Å². The lowest BCUT2D eigenvalue weighted by atomic mass is 9.96. The summed E-state index contributed by atoms with van der Waals surface area (Å²) in [5, 5.41) is 14.6. The van der Waals surface area contributed by atoms with Crippen LogP contribution in [-0.4, -0.2) is 52.6 Å². The van der Waals surface area contributed by atoms with E-state index in [4.69, 9.17) is 5.73 Å². The molecule has 3 unspecified atom stereocenters. The lowest BCUT2D eigenvalue weighted by Crippen LogP contribution is -2.58. The Morgan fingerprint density at radius 2 is 2.12 bits per heavy atom. The molecule has 0 aromatic heterocycles. The van der Waals surface area contributed by atoms with E-state index in [0.29, 0.717) is 12.1 Å². The number of hydrogen-bond donors (Lipinski definition) is 4. The van der Waals surface area contributed by atoms with Crippen LogP contribution < -0.4 is 16.4 Å². The number of piperidine rings is 1. The molecule has 1 aromatic carbocycles. The average Bonchev–Trinajstić information content (AvgIpc) is 2.53. The summed E-state index contributed by atoms with van der Waals surface area (Å²) in [5.74, 6) is -1.76. The Morgan fingerprint density at radius 3 is 2.72 bits per heavy atom. The highest BCUT2D eigenvalue weighted by atomic mass is 19.1. The number of rotatable bonds is 4. The van der Waals surface area contributed by atoms with Gasteiger partial charge in [-0.1, -0.05) is 6.07 Å². The molecule has 5 N–H and O–H groups in total. The number of hydrogen-bond acceptors (Lipinski definition) is 4. The number of aliphatic hydroxyl groups is 1. The molecule has 1 heterocycles. The SMILES string of the molecule is CC(O)C(=O)N1CCC(NC(=O)Nc2cccc(F)c2)CC1C(N)=O. The summed E-state index contributed by atoms with van der Waals surface area (Å²) in [6, 6.07) is 3.60. The van der Waals surface area contributed by atoms with Gasteiger partial charge in [-0.05, 0) is 38.0 Å². The van der Waals surface area contributed by atoms with Crippen molar-refractivity contribution >= 4 is 23.5 Å². The number of nitrogens with zero attached hydrogens (tertiary/aromatic N) is 1. The van der Waals surface area contributed by atoms with E-state index in [1.807, 2.05) is 0 Å². The maximum atomic E-state index is 13.1. The highest BCUT2D eigenvalue weighted by Gasteiger charge is 2.36. The van der Waals surface area contributed by atoms with E-state index in [2.05, 4.69) is 10.6 Å². The molecule has 8 nitrogen and oxygen atoms in total. The van der Waals surface area contributed by atoms with Crippen molar-refractivity contribution in [3.8, 4) is 0 Å². The van der Waals surface area contributed by atoms with Gasteiger partial charge in [0.1, 0.15) is 18.0 Å². The molecule has 1 aliphatic heterocycles. The van der Waals surface area contributed by atoms with Gasteiger partial charge >= 0.3 is 6.03 Å². The number of aliphatic hydroxyl groups excluding tert-OH is 1. The van der Waals surface area contributed by atoms with Gasteiger partial charge in [0.25, 0.3) is 5.91 Å². The normalized spacial score (nSPS) is 21.3. The smallest absolute Gasteiger partial charge is 0.319 e. The van der Waals surface area contributed by atoms with Crippen LogP contribution in [0.25, 0.3) is 0 Å². The van der Waals surface area contributed by atoms with Crippen molar-refractivity contribution in [2.75, 3.05) is 11.9 Å². The van der Waals surface area contributed by atoms with E-state index in [1.165, 1.54) is 30.0 Å². The molecule has 3 atom stereocenters. The van der Waals surface area contributed by atoms with Gasteiger partial charge in [0, 0.05) is 18.3 Å². The van der Waals surface area contributed by atoms with Crippen molar-refractivity contribution in [3.63, 3.8) is 0 Å². The molecule has 0 bridgehead atoms. The minimum Gasteiger partial charge on any atom is -0.384 e. The summed E-state index contributed by atoms with van der Waals surface area (Å²) in [7, 11) is 0. The third kappa shape index (κ3) is 4.90. The summed E-state index contributed by atoms with van der Waals surface area (Å²) < 4.78 is 13.1. The van der Waals surface area contributed by atoms with E-state index in [9.17, 15) is 23.9 Å². The first-order chi connectivity index (χ1) is 11.8. The van der Waals surface area contributed by atoms with Gasteiger partial charge in [-0.25, -0.2) is 9.18 Å². The van der Waals surface area contributed by atoms with Crippen LogP contribution in [-0.2, 0) is 9.59 Å². The monoisotopic (exact) mass is 352 g/mol. The summed E-state index contributed by atoms with van der Waals surface area (Å²) in [5.41, 5.74) is 5.64. The van der Waals surface area contributed by atoms with Gasteiger partial charge in [-0.3, -0.25) is 9.59 Å². The van der Waals surface area contributed by atoms with Gasteiger partial charge in [0.05, 0.1) is 0 Å². The second kappa shape index (κ2) is 7.93. The van der Waals surface area contributed by atoms with Gasteiger partial charge in [0.2, 0.25) is 5.91 Å². The molecule has 0 aliphatic carbocycles. The van der Waals surface area contributed by atoms with Gasteiger partial charge < -0.3 is 26.4 Å². The first kappa shape index (κ1) is 18.7. The van der Waals surface area contributed by atoms with Crippen molar-refractivity contribution in [1.29, 1.82) is 0 Å². The van der Waals surface area contributed by atoms with Crippen LogP contribution in [0, 0.1) is 5.82 Å². The van der Waals surface area contributed by atoms with E-state index in [0.717, 1.165) is 0 Å². The fourth-order valence-electron chi connectivity index (χ4n) is 2.79. The zero-order valence-corrected chi connectivity index (χ0v) is 13.7. The number of halogens is 1. The van der Waals surface area contributed by atoms with Crippen molar-refractivity contribution in [2.45, 2.75) is 38.0 Å². The van der Waals surface area contributed by atoms with E-state index in [1.54, 1.807) is 6.07 Å². The van der Waals surface area contributed by atoms with Crippen LogP contribution in [0.1, 0.15) is 19.8 Å². The second-order valence-electron chi connectivity index (χ2n) is 5.96. The van der Waals surface area contributed by atoms with Crippen molar-refractivity contribution in [3.05, 3.63) is 30.1 Å². The van der Waals surface area contributed by atoms with Crippen LogP contribution in [0.15, 0.2) is 24.3 Å². The predicted molar refractivity (Wildman–Crippen MR) is 88.0 cm³/mol. The van der Waals surface area contributed by atoms with Crippen molar-refractivity contribution < 1.29 is 23.9 Å². The lowest BCUT2D eigenvalue weighted by Gasteiger charge is -2.38. The summed E-state index contributed by atoms with van der Waals surface area (Å²) in [4.78, 5) is 36.8. The molecule has 0 spiro atoms. The van der Waals surface area contributed by atoms with Crippen LogP contribution in [0.2, 0.25) is 0 Å². The van der Waals surface area contributed by atoms with Crippen LogP contribution in [0.4, 0.5) is 14.9 Å². The maximum absolute atomic E-state index is 13.1. The Morgan fingerprint density at radius 1 is 1.40 bits per heavy atom. The molecular weight excluding hydrogens is 331 g/mol.